The predicted octanol–water partition coefficient (Wildman–Crippen LogP) is 4.73. The van der Waals surface area contributed by atoms with Crippen LogP contribution in [0.25, 0.3) is 10.3 Å². The molecule has 0 saturated heterocycles. The van der Waals surface area contributed by atoms with Crippen molar-refractivity contribution in [2.45, 2.75) is 32.8 Å². The summed E-state index contributed by atoms with van der Waals surface area (Å²) < 4.78 is 16.2. The Bertz CT molecular complexity index is 1050. The molecule has 2 aromatic heterocycles. The van der Waals surface area contributed by atoms with Gasteiger partial charge < -0.3 is 14.2 Å². The van der Waals surface area contributed by atoms with E-state index in [2.05, 4.69) is 9.97 Å². The fourth-order valence-corrected chi connectivity index (χ4v) is 4.34. The van der Waals surface area contributed by atoms with Crippen LogP contribution in [0.3, 0.4) is 0 Å². The molecule has 0 saturated carbocycles. The Kier molecular flexibility index (Phi) is 6.72. The molecule has 6 nitrogen and oxygen atoms in total. The predicted molar refractivity (Wildman–Crippen MR) is 115 cm³/mol. The maximum atomic E-state index is 12.9. The molecule has 1 aromatic carbocycles. The van der Waals surface area contributed by atoms with Crippen molar-refractivity contribution in [3.8, 4) is 11.5 Å². The normalized spacial score (nSPS) is 12.2. The fourth-order valence-electron chi connectivity index (χ4n) is 3.30. The lowest BCUT2D eigenvalue weighted by Crippen LogP contribution is -2.12. The SMILES string of the molecule is COc1cc(OC)c(CC(=O)Cc2cnc3sc(C)nc3c2C(C)OC)cc1Cl. The number of aromatic nitrogens is 2. The second-order valence-electron chi connectivity index (χ2n) is 6.65. The number of fused-ring (bicyclic) bond motifs is 1. The van der Waals surface area contributed by atoms with Crippen molar-refractivity contribution in [3.05, 3.63) is 45.1 Å². The van der Waals surface area contributed by atoms with Crippen LogP contribution >= 0.6 is 22.9 Å². The van der Waals surface area contributed by atoms with E-state index in [1.165, 1.54) is 18.4 Å². The summed E-state index contributed by atoms with van der Waals surface area (Å²) in [6.45, 7) is 3.89. The smallest absolute Gasteiger partial charge is 0.143 e. The van der Waals surface area contributed by atoms with Crippen molar-refractivity contribution in [1.29, 1.82) is 0 Å². The zero-order chi connectivity index (χ0) is 21.1. The third-order valence-electron chi connectivity index (χ3n) is 4.75. The zero-order valence-electron chi connectivity index (χ0n) is 17.0. The zero-order valence-corrected chi connectivity index (χ0v) is 18.6. The van der Waals surface area contributed by atoms with Crippen LogP contribution < -0.4 is 9.47 Å². The molecule has 1 atom stereocenters. The van der Waals surface area contributed by atoms with Gasteiger partial charge in [0.1, 0.15) is 27.6 Å². The first-order chi connectivity index (χ1) is 13.9. The highest BCUT2D eigenvalue weighted by molar-refractivity contribution is 7.18. The first-order valence-electron chi connectivity index (χ1n) is 9.07. The van der Waals surface area contributed by atoms with Crippen LogP contribution in [0.5, 0.6) is 11.5 Å². The second-order valence-corrected chi connectivity index (χ2v) is 8.24. The van der Waals surface area contributed by atoms with Gasteiger partial charge >= 0.3 is 0 Å². The molecule has 1 unspecified atom stereocenters. The number of ketones is 1. The van der Waals surface area contributed by atoms with Gasteiger partial charge in [-0.1, -0.05) is 22.9 Å². The minimum Gasteiger partial charge on any atom is -0.496 e. The Morgan fingerprint density at radius 3 is 2.48 bits per heavy atom. The lowest BCUT2D eigenvalue weighted by molar-refractivity contribution is -0.117. The van der Waals surface area contributed by atoms with Crippen molar-refractivity contribution in [2.75, 3.05) is 21.3 Å². The number of Topliss-reactive ketones (excluding diaryl/α,β-unsaturated/α-hetero) is 1. The van der Waals surface area contributed by atoms with E-state index in [-0.39, 0.29) is 24.7 Å². The fraction of sp³-hybridized carbons (Fsp3) is 0.381. The highest BCUT2D eigenvalue weighted by Gasteiger charge is 2.21. The van der Waals surface area contributed by atoms with Crippen LogP contribution in [-0.2, 0) is 22.4 Å². The van der Waals surface area contributed by atoms with Crippen molar-refractivity contribution < 1.29 is 19.0 Å². The second kappa shape index (κ2) is 9.07. The number of hydrogen-bond acceptors (Lipinski definition) is 7. The first kappa shape index (κ1) is 21.5. The van der Waals surface area contributed by atoms with Crippen LogP contribution in [0, 0.1) is 6.92 Å². The summed E-state index contributed by atoms with van der Waals surface area (Å²) in [5.74, 6) is 1.08. The van der Waals surface area contributed by atoms with Crippen LogP contribution in [0.15, 0.2) is 18.3 Å². The topological polar surface area (TPSA) is 70.5 Å². The van der Waals surface area contributed by atoms with Crippen molar-refractivity contribution >= 4 is 39.1 Å². The molecular weight excluding hydrogens is 412 g/mol. The molecule has 0 aliphatic rings. The summed E-state index contributed by atoms with van der Waals surface area (Å²) >= 11 is 7.76. The van der Waals surface area contributed by atoms with Crippen molar-refractivity contribution in [3.63, 3.8) is 0 Å². The number of ether oxygens (including phenoxy) is 3. The molecule has 0 radical (unpaired) electrons. The third-order valence-corrected chi connectivity index (χ3v) is 5.92. The average Bonchev–Trinajstić information content (AvgIpc) is 3.07. The lowest BCUT2D eigenvalue weighted by atomic mass is 9.97. The molecule has 0 aliphatic heterocycles. The Morgan fingerprint density at radius 1 is 1.14 bits per heavy atom. The van der Waals surface area contributed by atoms with Gasteiger partial charge in [0.2, 0.25) is 0 Å². The van der Waals surface area contributed by atoms with E-state index in [9.17, 15) is 4.79 Å². The standard InChI is InChI=1S/C21H23ClN2O4S/c1-11(26-3)19-14(10-23-21-20(19)24-12(2)29-21)7-15(25)6-13-8-16(22)18(28-5)9-17(13)27-4/h8-11H,6-7H2,1-5H3. The molecule has 0 bridgehead atoms. The van der Waals surface area contributed by atoms with Crippen molar-refractivity contribution in [1.82, 2.24) is 9.97 Å². The summed E-state index contributed by atoms with van der Waals surface area (Å²) in [7, 11) is 4.73. The van der Waals surface area contributed by atoms with Gasteiger partial charge in [-0.3, -0.25) is 4.79 Å². The summed E-state index contributed by atoms with van der Waals surface area (Å²) in [6.07, 6.45) is 1.95. The Morgan fingerprint density at radius 2 is 1.83 bits per heavy atom. The van der Waals surface area contributed by atoms with Gasteiger partial charge in [0.15, 0.2) is 0 Å². The minimum absolute atomic E-state index is 0.0159. The van der Waals surface area contributed by atoms with E-state index >= 15 is 0 Å². The number of carbonyl (C=O) groups is 1. The molecule has 0 N–H and O–H groups in total. The number of methoxy groups -OCH3 is 3. The van der Waals surface area contributed by atoms with E-state index < -0.39 is 0 Å². The van der Waals surface area contributed by atoms with Gasteiger partial charge in [-0.25, -0.2) is 9.97 Å². The molecule has 0 spiro atoms. The molecule has 8 heteroatoms. The van der Waals surface area contributed by atoms with Gasteiger partial charge in [-0.15, -0.1) is 0 Å². The van der Waals surface area contributed by atoms with E-state index in [1.807, 2.05) is 13.8 Å². The molecule has 0 amide bonds. The number of carbonyl (C=O) groups excluding carboxylic acids is 1. The number of aryl methyl sites for hydroxylation is 1. The highest BCUT2D eigenvalue weighted by atomic mass is 35.5. The minimum atomic E-state index is -0.199. The van der Waals surface area contributed by atoms with Gasteiger partial charge in [-0.2, -0.15) is 0 Å². The van der Waals surface area contributed by atoms with Crippen LogP contribution in [0.2, 0.25) is 5.02 Å². The van der Waals surface area contributed by atoms with Gasteiger partial charge in [0.25, 0.3) is 0 Å². The monoisotopic (exact) mass is 434 g/mol. The first-order valence-corrected chi connectivity index (χ1v) is 10.3. The molecule has 29 heavy (non-hydrogen) atoms. The highest BCUT2D eigenvalue weighted by Crippen LogP contribution is 2.34. The number of nitrogens with zero attached hydrogens (tertiary/aromatic N) is 2. The maximum Gasteiger partial charge on any atom is 0.143 e. The van der Waals surface area contributed by atoms with Crippen LogP contribution in [0.1, 0.15) is 34.7 Å². The average molecular weight is 435 g/mol. The maximum absolute atomic E-state index is 12.9. The molecular formula is C21H23ClN2O4S. The quantitative estimate of drug-likeness (QED) is 0.510. The van der Waals surface area contributed by atoms with Crippen LogP contribution in [-0.4, -0.2) is 37.1 Å². The van der Waals surface area contributed by atoms with E-state index in [4.69, 9.17) is 25.8 Å². The summed E-state index contributed by atoms with van der Waals surface area (Å²) in [5.41, 5.74) is 3.25. The number of pyridine rings is 1. The Balaban J connectivity index is 1.91. The van der Waals surface area contributed by atoms with Gasteiger partial charge in [0.05, 0.1) is 30.4 Å². The molecule has 154 valence electrons. The number of hydrogen-bond donors (Lipinski definition) is 0. The van der Waals surface area contributed by atoms with E-state index in [0.29, 0.717) is 22.1 Å². The number of halogens is 1. The third kappa shape index (κ3) is 4.52. The summed E-state index contributed by atoms with van der Waals surface area (Å²) in [6, 6.07) is 3.40. The summed E-state index contributed by atoms with van der Waals surface area (Å²) in [5, 5.41) is 1.36. The van der Waals surface area contributed by atoms with Crippen molar-refractivity contribution in [2.24, 2.45) is 0 Å². The van der Waals surface area contributed by atoms with Gasteiger partial charge in [-0.05, 0) is 25.5 Å². The van der Waals surface area contributed by atoms with E-state index in [0.717, 1.165) is 26.5 Å². The Hall–Kier alpha value is -2.22. The molecule has 3 aromatic rings. The summed E-state index contributed by atoms with van der Waals surface area (Å²) in [4.78, 5) is 22.9. The molecule has 3 rings (SSSR count). The Labute approximate surface area is 178 Å². The lowest BCUT2D eigenvalue weighted by Gasteiger charge is -2.16. The van der Waals surface area contributed by atoms with Crippen LogP contribution in [0.4, 0.5) is 0 Å². The number of thiazole rings is 1. The number of rotatable bonds is 8. The molecule has 0 aliphatic carbocycles. The molecule has 2 heterocycles. The molecule has 0 fully saturated rings. The van der Waals surface area contributed by atoms with E-state index in [1.54, 1.807) is 32.5 Å². The van der Waals surface area contributed by atoms with Gasteiger partial charge in [0, 0.05) is 43.3 Å². The largest absolute Gasteiger partial charge is 0.496 e. The number of benzene rings is 1.